The molecule has 3 aliphatic carbocycles. The Morgan fingerprint density at radius 1 is 0.750 bits per heavy atom. The maximum absolute atomic E-state index is 11.9. The molecule has 6 unspecified atom stereocenters. The second-order valence-electron chi connectivity index (χ2n) is 5.10. The van der Waals surface area contributed by atoms with E-state index in [9.17, 15) is 19.2 Å². The third kappa shape index (κ3) is 0.700. The molecule has 0 bridgehead atoms. The van der Waals surface area contributed by atoms with E-state index in [0.717, 1.165) is 0 Å². The first-order valence-electron chi connectivity index (χ1n) is 5.44. The SMILES string of the molecule is O=C1OC(=O)C2C1C1C(=O)C3CC3C(=O)C21. The highest BCUT2D eigenvalue weighted by Gasteiger charge is 2.74. The van der Waals surface area contributed by atoms with Gasteiger partial charge in [0.05, 0.1) is 11.8 Å². The molecule has 16 heavy (non-hydrogen) atoms. The summed E-state index contributed by atoms with van der Waals surface area (Å²) in [6.45, 7) is 0. The Kier molecular flexibility index (Phi) is 1.22. The molecule has 0 spiro atoms. The van der Waals surface area contributed by atoms with Crippen LogP contribution in [0.15, 0.2) is 0 Å². The first-order chi connectivity index (χ1) is 7.61. The molecule has 6 atom stereocenters. The lowest BCUT2D eigenvalue weighted by atomic mass is 9.52. The highest BCUT2D eigenvalue weighted by molar-refractivity contribution is 6.13. The van der Waals surface area contributed by atoms with Crippen LogP contribution < -0.4 is 0 Å². The summed E-state index contributed by atoms with van der Waals surface area (Å²) < 4.78 is 4.50. The van der Waals surface area contributed by atoms with E-state index in [0.29, 0.717) is 6.42 Å². The van der Waals surface area contributed by atoms with Crippen molar-refractivity contribution in [2.45, 2.75) is 6.42 Å². The molecule has 0 aromatic rings. The standard InChI is InChI=1S/C11H8O5/c12-8-2-1-3(2)9(13)5-4(8)6-7(5)11(15)16-10(6)14/h2-7H,1H2. The van der Waals surface area contributed by atoms with Crippen LogP contribution in [0.5, 0.6) is 0 Å². The first-order valence-corrected chi connectivity index (χ1v) is 5.44. The molecule has 1 aliphatic heterocycles. The quantitative estimate of drug-likeness (QED) is 0.400. The van der Waals surface area contributed by atoms with Crippen LogP contribution in [0.25, 0.3) is 0 Å². The second kappa shape index (κ2) is 2.26. The Labute approximate surface area is 90.1 Å². The van der Waals surface area contributed by atoms with Gasteiger partial charge in [0, 0.05) is 23.7 Å². The van der Waals surface area contributed by atoms with Gasteiger partial charge < -0.3 is 4.74 Å². The summed E-state index contributed by atoms with van der Waals surface area (Å²) in [6, 6.07) is 0. The number of carbonyl (C=O) groups is 4. The minimum Gasteiger partial charge on any atom is -0.393 e. The summed E-state index contributed by atoms with van der Waals surface area (Å²) in [5, 5.41) is 0. The number of rotatable bonds is 0. The van der Waals surface area contributed by atoms with Gasteiger partial charge in [-0.2, -0.15) is 0 Å². The average Bonchev–Trinajstić information content (AvgIpc) is 2.89. The summed E-state index contributed by atoms with van der Waals surface area (Å²) in [5.41, 5.74) is 0. The number of carbonyl (C=O) groups excluding carboxylic acids is 4. The molecule has 1 saturated heterocycles. The number of ketones is 2. The molecular formula is C11H8O5. The zero-order valence-electron chi connectivity index (χ0n) is 8.21. The normalized spacial score (nSPS) is 52.5. The monoisotopic (exact) mass is 220 g/mol. The maximum Gasteiger partial charge on any atom is 0.318 e. The van der Waals surface area contributed by atoms with E-state index in [2.05, 4.69) is 4.74 Å². The van der Waals surface area contributed by atoms with Gasteiger partial charge in [-0.25, -0.2) is 0 Å². The van der Waals surface area contributed by atoms with Crippen LogP contribution in [0.4, 0.5) is 0 Å². The van der Waals surface area contributed by atoms with Crippen LogP contribution in [0.3, 0.4) is 0 Å². The van der Waals surface area contributed by atoms with Gasteiger partial charge in [0.25, 0.3) is 0 Å². The van der Waals surface area contributed by atoms with E-state index in [1.165, 1.54) is 0 Å². The molecule has 82 valence electrons. The van der Waals surface area contributed by atoms with Crippen molar-refractivity contribution in [2.75, 3.05) is 0 Å². The zero-order valence-corrected chi connectivity index (χ0v) is 8.21. The summed E-state index contributed by atoms with van der Waals surface area (Å²) in [4.78, 5) is 46.5. The van der Waals surface area contributed by atoms with Gasteiger partial charge in [0.1, 0.15) is 11.6 Å². The van der Waals surface area contributed by atoms with Crippen LogP contribution in [-0.4, -0.2) is 23.5 Å². The number of fused-ring (bicyclic) bond motifs is 5. The fourth-order valence-electron chi connectivity index (χ4n) is 3.60. The van der Waals surface area contributed by atoms with Crippen molar-refractivity contribution in [1.82, 2.24) is 0 Å². The molecule has 5 heteroatoms. The molecule has 1 heterocycles. The van der Waals surface area contributed by atoms with Crippen LogP contribution in [-0.2, 0) is 23.9 Å². The van der Waals surface area contributed by atoms with Gasteiger partial charge >= 0.3 is 11.9 Å². The van der Waals surface area contributed by atoms with Gasteiger partial charge in [-0.05, 0) is 6.42 Å². The lowest BCUT2D eigenvalue weighted by Gasteiger charge is -2.44. The summed E-state index contributed by atoms with van der Waals surface area (Å²) in [5.74, 6) is -3.99. The number of hydrogen-bond donors (Lipinski definition) is 0. The third-order valence-corrected chi connectivity index (χ3v) is 4.47. The van der Waals surface area contributed by atoms with Gasteiger partial charge in [0.15, 0.2) is 0 Å². The predicted molar refractivity (Wildman–Crippen MR) is 46.7 cm³/mol. The predicted octanol–water partition coefficient (Wildman–Crippen LogP) is -0.664. The third-order valence-electron chi connectivity index (χ3n) is 4.47. The van der Waals surface area contributed by atoms with Gasteiger partial charge in [-0.15, -0.1) is 0 Å². The van der Waals surface area contributed by atoms with E-state index in [1.54, 1.807) is 0 Å². The maximum atomic E-state index is 11.9. The lowest BCUT2D eigenvalue weighted by Crippen LogP contribution is -2.58. The average molecular weight is 220 g/mol. The van der Waals surface area contributed by atoms with E-state index >= 15 is 0 Å². The molecule has 4 fully saturated rings. The minimum absolute atomic E-state index is 0.00231. The molecule has 0 radical (unpaired) electrons. The molecule has 0 aromatic carbocycles. The highest BCUT2D eigenvalue weighted by Crippen LogP contribution is 2.61. The minimum atomic E-state index is -0.657. The number of cyclic esters (lactones) is 2. The molecule has 5 nitrogen and oxygen atoms in total. The zero-order chi connectivity index (χ0) is 11.2. The fourth-order valence-corrected chi connectivity index (χ4v) is 3.60. The van der Waals surface area contributed by atoms with Gasteiger partial charge in [0.2, 0.25) is 0 Å². The Morgan fingerprint density at radius 2 is 1.19 bits per heavy atom. The van der Waals surface area contributed by atoms with Crippen molar-refractivity contribution in [3.05, 3.63) is 0 Å². The van der Waals surface area contributed by atoms with Crippen LogP contribution in [0, 0.1) is 35.5 Å². The highest BCUT2D eigenvalue weighted by atomic mass is 16.6. The Balaban J connectivity index is 1.79. The van der Waals surface area contributed by atoms with Gasteiger partial charge in [-0.1, -0.05) is 0 Å². The molecule has 4 aliphatic rings. The van der Waals surface area contributed by atoms with E-state index in [4.69, 9.17) is 0 Å². The van der Waals surface area contributed by atoms with Crippen molar-refractivity contribution in [3.63, 3.8) is 0 Å². The number of ether oxygens (including phenoxy) is 1. The summed E-state index contributed by atoms with van der Waals surface area (Å²) >= 11 is 0. The number of esters is 2. The Bertz CT molecular complexity index is 437. The molecule has 4 rings (SSSR count). The Hall–Kier alpha value is -1.52. The first kappa shape index (κ1) is 8.61. The van der Waals surface area contributed by atoms with Crippen LogP contribution in [0.1, 0.15) is 6.42 Å². The topological polar surface area (TPSA) is 77.5 Å². The van der Waals surface area contributed by atoms with Crippen LogP contribution in [0.2, 0.25) is 0 Å². The van der Waals surface area contributed by atoms with Crippen LogP contribution >= 0.6 is 0 Å². The Morgan fingerprint density at radius 3 is 1.62 bits per heavy atom. The lowest BCUT2D eigenvalue weighted by molar-refractivity contribution is -0.161. The van der Waals surface area contributed by atoms with E-state index in [-0.39, 0.29) is 23.4 Å². The molecule has 3 saturated carbocycles. The van der Waals surface area contributed by atoms with Crippen molar-refractivity contribution >= 4 is 23.5 Å². The van der Waals surface area contributed by atoms with E-state index < -0.39 is 35.6 Å². The van der Waals surface area contributed by atoms with Crippen molar-refractivity contribution in [2.24, 2.45) is 35.5 Å². The molecule has 0 amide bonds. The second-order valence-corrected chi connectivity index (χ2v) is 5.10. The number of Topliss-reactive ketones (excluding diaryl/α,β-unsaturated/α-hetero) is 2. The summed E-state index contributed by atoms with van der Waals surface area (Å²) in [6.07, 6.45) is 0.618. The molecule has 0 N–H and O–H groups in total. The number of hydrogen-bond acceptors (Lipinski definition) is 5. The smallest absolute Gasteiger partial charge is 0.318 e. The van der Waals surface area contributed by atoms with E-state index in [1.807, 2.05) is 0 Å². The fraction of sp³-hybridized carbons (Fsp3) is 0.636. The van der Waals surface area contributed by atoms with Gasteiger partial charge in [-0.3, -0.25) is 19.2 Å². The summed E-state index contributed by atoms with van der Waals surface area (Å²) in [7, 11) is 0. The molecule has 0 aromatic heterocycles. The van der Waals surface area contributed by atoms with Crippen molar-refractivity contribution in [1.29, 1.82) is 0 Å². The van der Waals surface area contributed by atoms with Crippen molar-refractivity contribution < 1.29 is 23.9 Å². The molecular weight excluding hydrogens is 212 g/mol. The largest absolute Gasteiger partial charge is 0.393 e. The van der Waals surface area contributed by atoms with Crippen molar-refractivity contribution in [3.8, 4) is 0 Å².